The third-order valence-corrected chi connectivity index (χ3v) is 24.0. The van der Waals surface area contributed by atoms with Crippen LogP contribution in [0.3, 0.4) is 0 Å². The summed E-state index contributed by atoms with van der Waals surface area (Å²) in [7, 11) is 0. The summed E-state index contributed by atoms with van der Waals surface area (Å²) >= 11 is 1.81. The van der Waals surface area contributed by atoms with Crippen molar-refractivity contribution in [1.82, 2.24) is 0 Å². The molecule has 0 atom stereocenters. The van der Waals surface area contributed by atoms with Crippen molar-refractivity contribution < 1.29 is 8.78 Å². The van der Waals surface area contributed by atoms with E-state index >= 15 is 8.78 Å². The molecular formula is C96H95B2F2N5S. The maximum absolute atomic E-state index is 18.2. The Bertz CT molecular complexity index is 5230. The van der Waals surface area contributed by atoms with Crippen LogP contribution in [0.4, 0.5) is 94.1 Å². The highest BCUT2D eigenvalue weighted by Gasteiger charge is 2.48. The minimum Gasteiger partial charge on any atom is -0.311 e. The Kier molecular flexibility index (Phi) is 18.4. The van der Waals surface area contributed by atoms with Gasteiger partial charge in [0.15, 0.2) is 0 Å². The topological polar surface area (TPSA) is 16.2 Å². The van der Waals surface area contributed by atoms with Crippen molar-refractivity contribution >= 4 is 143 Å². The molecule has 106 heavy (non-hydrogen) atoms. The molecule has 5 nitrogen and oxygen atoms in total. The van der Waals surface area contributed by atoms with E-state index in [0.29, 0.717) is 35.5 Å². The summed E-state index contributed by atoms with van der Waals surface area (Å²) in [5, 5.41) is 0. The standard InChI is InChI=1S/C96H95B2F2N5S/c1-56(2)64-17-32-73(33-18-64)101(74-34-19-65(20-35-74)57(3)4)79-50-90-95-91(51-79)105(88-46-31-72(99)49-85(88)100)89-55-93-84(54-83(89)97(95)81-47-70(62(13)14)29-44-86(81)103(90)77-40-25-68(26-41-77)60(9)10)98-82-48-71(63(15)16)30-45-87(82)104(78-42-27-69(28-43-78)61(11)12)92-52-80(53-94(106-93)96(92)98)102(75-36-21-66(22-37-75)58(5)6)76-38-23-67(24-39-76)59(7)8/h17-63H,1-16H3. The summed E-state index contributed by atoms with van der Waals surface area (Å²) in [4.78, 5) is 14.2. The Morgan fingerprint density at radius 3 is 0.953 bits per heavy atom. The van der Waals surface area contributed by atoms with Crippen LogP contribution in [-0.2, 0) is 0 Å². The number of nitrogens with zero attached hydrogens (tertiary/aromatic N) is 5. The zero-order valence-corrected chi connectivity index (χ0v) is 65.0. The van der Waals surface area contributed by atoms with Gasteiger partial charge in [0.05, 0.1) is 11.4 Å². The third kappa shape index (κ3) is 12.3. The minimum atomic E-state index is -0.648. The molecule has 0 radical (unpaired) electrons. The summed E-state index contributed by atoms with van der Waals surface area (Å²) in [6.45, 7) is 35.6. The molecule has 0 N–H and O–H groups in total. The normalized spacial score (nSPS) is 13.4. The van der Waals surface area contributed by atoms with Gasteiger partial charge in [-0.25, -0.2) is 8.78 Å². The predicted octanol–water partition coefficient (Wildman–Crippen LogP) is 24.7. The van der Waals surface area contributed by atoms with Crippen molar-refractivity contribution in [2.45, 2.75) is 168 Å². The number of halogens is 2. The average molecular weight is 1410 g/mol. The van der Waals surface area contributed by atoms with E-state index in [4.69, 9.17) is 0 Å². The number of hydrogen-bond donors (Lipinski definition) is 0. The van der Waals surface area contributed by atoms with E-state index in [9.17, 15) is 0 Å². The molecule has 16 rings (SSSR count). The van der Waals surface area contributed by atoms with Gasteiger partial charge in [0.2, 0.25) is 6.71 Å². The molecule has 10 heteroatoms. The molecule has 0 unspecified atom stereocenters. The first-order valence-electron chi connectivity index (χ1n) is 38.5. The number of hydrogen-bond acceptors (Lipinski definition) is 6. The maximum atomic E-state index is 18.2. The van der Waals surface area contributed by atoms with Crippen LogP contribution in [0.15, 0.2) is 246 Å². The third-order valence-electron chi connectivity index (χ3n) is 22.9. The average Bonchev–Trinajstić information content (AvgIpc) is 0.688. The van der Waals surface area contributed by atoms with E-state index in [1.165, 1.54) is 72.4 Å². The van der Waals surface area contributed by atoms with E-state index in [2.05, 4.69) is 354 Å². The number of rotatable bonds is 17. The van der Waals surface area contributed by atoms with E-state index in [1.54, 1.807) is 6.07 Å². The first kappa shape index (κ1) is 70.3. The van der Waals surface area contributed by atoms with Crippen molar-refractivity contribution in [2.24, 2.45) is 0 Å². The second-order valence-electron chi connectivity index (χ2n) is 32.4. The smallest absolute Gasteiger partial charge is 0.252 e. The lowest BCUT2D eigenvalue weighted by Crippen LogP contribution is -2.64. The van der Waals surface area contributed by atoms with E-state index < -0.39 is 11.6 Å². The Morgan fingerprint density at radius 1 is 0.255 bits per heavy atom. The summed E-state index contributed by atoms with van der Waals surface area (Å²) in [5.41, 5.74) is 31.5. The predicted molar refractivity (Wildman–Crippen MR) is 452 cm³/mol. The van der Waals surface area contributed by atoms with Gasteiger partial charge in [-0.2, -0.15) is 0 Å². The van der Waals surface area contributed by atoms with Gasteiger partial charge in [0.25, 0.3) is 6.71 Å². The van der Waals surface area contributed by atoms with E-state index in [-0.39, 0.29) is 30.9 Å². The molecule has 0 aromatic heterocycles. The summed E-state index contributed by atoms with van der Waals surface area (Å²) in [6.07, 6.45) is 0. The van der Waals surface area contributed by atoms with Gasteiger partial charge in [0.1, 0.15) is 11.6 Å². The van der Waals surface area contributed by atoms with E-state index in [0.717, 1.165) is 106 Å². The largest absolute Gasteiger partial charge is 0.311 e. The van der Waals surface area contributed by atoms with Crippen LogP contribution in [0.2, 0.25) is 0 Å². The highest BCUT2D eigenvalue weighted by Crippen LogP contribution is 2.53. The first-order valence-corrected chi connectivity index (χ1v) is 39.3. The van der Waals surface area contributed by atoms with Crippen molar-refractivity contribution in [2.75, 3.05) is 24.5 Å². The summed E-state index contributed by atoms with van der Waals surface area (Å²) < 4.78 is 34.1. The lowest BCUT2D eigenvalue weighted by Gasteiger charge is -2.46. The molecule has 12 aromatic carbocycles. The monoisotopic (exact) mass is 1410 g/mol. The highest BCUT2D eigenvalue weighted by molar-refractivity contribution is 8.00. The van der Waals surface area contributed by atoms with Gasteiger partial charge in [-0.15, -0.1) is 0 Å². The quantitative estimate of drug-likeness (QED) is 0.0839. The van der Waals surface area contributed by atoms with Crippen LogP contribution in [0.25, 0.3) is 0 Å². The Balaban J connectivity index is 1.01. The molecular weight excluding hydrogens is 1310 g/mol. The SMILES string of the molecule is CC(C)c1ccc(N(c2ccc(C(C)C)cc2)c2cc3c4c(c2)N(c2ccc(C(C)C)cc2)c2ccc(C(C)C)cc2B4c2cc4c(cc2S3)N(c2ccc(F)cc2F)c2cc(N(c3ccc(C(C)C)cc3)c3ccc(C(C)C)cc3)cc3c2B4c2cc(C(C)C)ccc2N3c2ccc(C(C)C)cc2)cc1. The summed E-state index contributed by atoms with van der Waals surface area (Å²) in [5.74, 6) is 1.24. The molecule has 0 amide bonds. The van der Waals surface area contributed by atoms with Gasteiger partial charge in [-0.3, -0.25) is 0 Å². The van der Waals surface area contributed by atoms with Crippen molar-refractivity contribution in [3.05, 3.63) is 293 Å². The van der Waals surface area contributed by atoms with Gasteiger partial charge < -0.3 is 24.5 Å². The fourth-order valence-electron chi connectivity index (χ4n) is 16.7. The van der Waals surface area contributed by atoms with Crippen LogP contribution in [0.1, 0.15) is 203 Å². The Labute approximate surface area is 633 Å². The Hall–Kier alpha value is -10.0. The number of benzene rings is 12. The zero-order chi connectivity index (χ0) is 74.0. The molecule has 0 bridgehead atoms. The highest BCUT2D eigenvalue weighted by atomic mass is 32.2. The van der Waals surface area contributed by atoms with Gasteiger partial charge in [-0.05, 0) is 247 Å². The Morgan fingerprint density at radius 2 is 0.575 bits per heavy atom. The fourth-order valence-corrected chi connectivity index (χ4v) is 17.9. The molecule has 4 aliphatic rings. The van der Waals surface area contributed by atoms with Gasteiger partial charge >= 0.3 is 0 Å². The van der Waals surface area contributed by atoms with Crippen LogP contribution < -0.4 is 57.3 Å². The molecule has 0 fully saturated rings. The molecule has 0 saturated carbocycles. The molecule has 12 aromatic rings. The van der Waals surface area contributed by atoms with Crippen molar-refractivity contribution in [1.29, 1.82) is 0 Å². The van der Waals surface area contributed by atoms with Crippen LogP contribution in [0.5, 0.6) is 0 Å². The second kappa shape index (κ2) is 27.7. The summed E-state index contributed by atoms with van der Waals surface area (Å²) in [6, 6.07) is 87.7. The van der Waals surface area contributed by atoms with Crippen molar-refractivity contribution in [3.63, 3.8) is 0 Å². The minimum absolute atomic E-state index is 0.214. The second-order valence-corrected chi connectivity index (χ2v) is 33.5. The fraction of sp³-hybridized carbons (Fsp3) is 0.250. The lowest BCUT2D eigenvalue weighted by atomic mass is 9.31. The van der Waals surface area contributed by atoms with Gasteiger partial charge in [0, 0.05) is 89.8 Å². The van der Waals surface area contributed by atoms with Gasteiger partial charge in [-0.1, -0.05) is 231 Å². The maximum Gasteiger partial charge on any atom is 0.252 e. The molecule has 0 spiro atoms. The number of fused-ring (bicyclic) bond motifs is 8. The molecule has 530 valence electrons. The molecule has 4 aliphatic heterocycles. The molecule has 0 aliphatic carbocycles. The molecule has 0 saturated heterocycles. The first-order chi connectivity index (χ1) is 51.0. The van der Waals surface area contributed by atoms with E-state index in [1.807, 2.05) is 11.8 Å². The molecule has 4 heterocycles. The van der Waals surface area contributed by atoms with Crippen LogP contribution in [-0.4, -0.2) is 13.4 Å². The van der Waals surface area contributed by atoms with Crippen molar-refractivity contribution in [3.8, 4) is 0 Å². The number of anilines is 15. The van der Waals surface area contributed by atoms with Crippen LogP contribution in [0, 0.1) is 11.6 Å². The zero-order valence-electron chi connectivity index (χ0n) is 64.2. The van der Waals surface area contributed by atoms with Crippen LogP contribution >= 0.6 is 11.8 Å². The lowest BCUT2D eigenvalue weighted by molar-refractivity contribution is 0.584.